The number of aryl methyl sites for hydroxylation is 1. The molecule has 0 heterocycles. The summed E-state index contributed by atoms with van der Waals surface area (Å²) in [7, 11) is 0. The Balaban J connectivity index is 0. The number of hydrogen-bond acceptors (Lipinski definition) is 1. The molecule has 0 amide bonds. The first-order valence-electron chi connectivity index (χ1n) is 4.93. The van der Waals surface area contributed by atoms with E-state index in [1.165, 1.54) is 0 Å². The smallest absolute Gasteiger partial charge is 0.130 e. The molecule has 0 N–H and O–H groups in total. The molecule has 0 saturated heterocycles. The maximum Gasteiger partial charge on any atom is 0.130 e. The fourth-order valence-electron chi connectivity index (χ4n) is 1.29. The van der Waals surface area contributed by atoms with Gasteiger partial charge in [-0.2, -0.15) is 0 Å². The molecule has 0 fully saturated rings. The molecule has 0 saturated carbocycles. The quantitative estimate of drug-likeness (QED) is 0.649. The first kappa shape index (κ1) is 19.2. The van der Waals surface area contributed by atoms with Crippen LogP contribution >= 0.6 is 0 Å². The average Bonchev–Trinajstić information content (AvgIpc) is 2.47. The van der Waals surface area contributed by atoms with E-state index >= 15 is 0 Å². The third-order valence-electron chi connectivity index (χ3n) is 2.06. The van der Waals surface area contributed by atoms with Gasteiger partial charge in [0.15, 0.2) is 0 Å². The number of rotatable bonds is 2. The molecule has 0 aliphatic rings. The van der Waals surface area contributed by atoms with Crippen molar-refractivity contribution in [1.29, 1.82) is 0 Å². The molecule has 0 aliphatic carbocycles. The van der Waals surface area contributed by atoms with Crippen LogP contribution in [0.4, 0.5) is 23.0 Å². The summed E-state index contributed by atoms with van der Waals surface area (Å²) in [5, 5.41) is 0. The first-order chi connectivity index (χ1) is 8.86. The maximum absolute atomic E-state index is 8.00. The van der Waals surface area contributed by atoms with Crippen molar-refractivity contribution in [1.82, 2.24) is 0 Å². The van der Waals surface area contributed by atoms with Crippen LogP contribution in [0.3, 0.4) is 0 Å². The molecule has 2 rings (SSSR count). The van der Waals surface area contributed by atoms with Crippen molar-refractivity contribution in [3.05, 3.63) is 60.2 Å². The van der Waals surface area contributed by atoms with Crippen LogP contribution in [0.25, 0.3) is 0 Å². The molecular formula is C13H13F5O. The van der Waals surface area contributed by atoms with Crippen molar-refractivity contribution in [3.8, 4) is 11.5 Å². The van der Waals surface area contributed by atoms with Gasteiger partial charge in [0.2, 0.25) is 0 Å². The third-order valence-corrected chi connectivity index (χ3v) is 2.06. The average molecular weight is 280 g/mol. The van der Waals surface area contributed by atoms with Crippen molar-refractivity contribution >= 4 is 0 Å². The predicted octanol–water partition coefficient (Wildman–Crippen LogP) is 5.62. The van der Waals surface area contributed by atoms with Gasteiger partial charge in [-0.25, -0.2) is 0 Å². The van der Waals surface area contributed by atoms with Crippen LogP contribution < -0.4 is 4.74 Å². The van der Waals surface area contributed by atoms with Gasteiger partial charge in [-0.1, -0.05) is 36.4 Å². The zero-order valence-corrected chi connectivity index (χ0v) is 10.0. The highest BCUT2D eigenvalue weighted by Gasteiger charge is 1.98. The standard InChI is InChI=1S/C13H12O.2F2.FH/c1-11-7-5-6-10-13(11)14-12-8-3-2-4-9-12;2*1-2;/h2-10H,1H3;;;1H. The lowest BCUT2D eigenvalue weighted by Crippen LogP contribution is -1.85. The van der Waals surface area contributed by atoms with E-state index in [1.807, 2.05) is 61.5 Å². The summed E-state index contributed by atoms with van der Waals surface area (Å²) in [4.78, 5) is 0. The third kappa shape index (κ3) is 7.03. The molecule has 0 spiro atoms. The normalized spacial score (nSPS) is 7.84. The second kappa shape index (κ2) is 12.3. The van der Waals surface area contributed by atoms with E-state index in [2.05, 4.69) is 0 Å². The minimum atomic E-state index is 0. The summed E-state index contributed by atoms with van der Waals surface area (Å²) in [5.74, 6) is 1.79. The second-order valence-electron chi connectivity index (χ2n) is 3.18. The highest BCUT2D eigenvalue weighted by Crippen LogP contribution is 2.23. The Morgan fingerprint density at radius 2 is 1.21 bits per heavy atom. The van der Waals surface area contributed by atoms with Crippen molar-refractivity contribution < 1.29 is 27.7 Å². The Labute approximate surface area is 107 Å². The lowest BCUT2D eigenvalue weighted by atomic mass is 10.2. The number of ether oxygens (including phenoxy) is 1. The van der Waals surface area contributed by atoms with Gasteiger partial charge in [0.1, 0.15) is 11.5 Å². The molecule has 6 heteroatoms. The van der Waals surface area contributed by atoms with Crippen molar-refractivity contribution in [2.75, 3.05) is 0 Å². The lowest BCUT2D eigenvalue weighted by molar-refractivity contribution is 0.108. The Morgan fingerprint density at radius 3 is 1.74 bits per heavy atom. The van der Waals surface area contributed by atoms with E-state index in [0.717, 1.165) is 17.1 Å². The van der Waals surface area contributed by atoms with E-state index in [-0.39, 0.29) is 4.70 Å². The topological polar surface area (TPSA) is 9.23 Å². The zero-order chi connectivity index (χ0) is 13.8. The molecule has 0 aromatic heterocycles. The van der Waals surface area contributed by atoms with Gasteiger partial charge in [0.25, 0.3) is 0 Å². The molecule has 19 heavy (non-hydrogen) atoms. The minimum Gasteiger partial charge on any atom is -0.457 e. The SMILES string of the molecule is Cc1ccccc1Oc1ccccc1.F.FF.FF. The van der Waals surface area contributed by atoms with E-state index in [4.69, 9.17) is 23.0 Å². The Hall–Kier alpha value is -2.11. The Morgan fingerprint density at radius 1 is 0.737 bits per heavy atom. The Bertz CT molecular complexity index is 422. The molecule has 2 aromatic rings. The number of para-hydroxylation sites is 2. The summed E-state index contributed by atoms with van der Waals surface area (Å²) in [5.41, 5.74) is 1.15. The van der Waals surface area contributed by atoms with Gasteiger partial charge in [-0.05, 0) is 30.7 Å². The van der Waals surface area contributed by atoms with Gasteiger partial charge < -0.3 is 4.74 Å². The van der Waals surface area contributed by atoms with Crippen molar-refractivity contribution in [2.24, 2.45) is 0 Å². The highest BCUT2D eigenvalue weighted by atomic mass is 20.0. The van der Waals surface area contributed by atoms with Crippen LogP contribution in [0, 0.1) is 6.92 Å². The van der Waals surface area contributed by atoms with Crippen LogP contribution in [-0.2, 0) is 0 Å². The number of hydrogen-bond donors (Lipinski definition) is 0. The van der Waals surface area contributed by atoms with Crippen LogP contribution in [0.15, 0.2) is 54.6 Å². The molecule has 1 nitrogen and oxygen atoms in total. The van der Waals surface area contributed by atoms with Gasteiger partial charge in [-0.15, -0.1) is 0 Å². The van der Waals surface area contributed by atoms with Crippen molar-refractivity contribution in [3.63, 3.8) is 0 Å². The van der Waals surface area contributed by atoms with E-state index in [0.29, 0.717) is 0 Å². The molecule has 2 aromatic carbocycles. The van der Waals surface area contributed by atoms with Crippen LogP contribution in [0.5, 0.6) is 11.5 Å². The molecular weight excluding hydrogens is 267 g/mol. The molecule has 0 atom stereocenters. The minimum absolute atomic E-state index is 0. The summed E-state index contributed by atoms with van der Waals surface area (Å²) in [6.45, 7) is 2.04. The van der Waals surface area contributed by atoms with Gasteiger partial charge in [-0.3, -0.25) is 4.70 Å². The lowest BCUT2D eigenvalue weighted by Gasteiger charge is -2.07. The summed E-state index contributed by atoms with van der Waals surface area (Å²) < 4.78 is 37.7. The van der Waals surface area contributed by atoms with Crippen LogP contribution in [0.1, 0.15) is 5.56 Å². The van der Waals surface area contributed by atoms with E-state index in [9.17, 15) is 0 Å². The van der Waals surface area contributed by atoms with Gasteiger partial charge in [0, 0.05) is 18.3 Å². The fraction of sp³-hybridized carbons (Fsp3) is 0.0769. The molecule has 0 bridgehead atoms. The number of halogens is 5. The van der Waals surface area contributed by atoms with Crippen LogP contribution in [0.2, 0.25) is 0 Å². The summed E-state index contributed by atoms with van der Waals surface area (Å²) in [6, 6.07) is 17.8. The predicted molar refractivity (Wildman–Crippen MR) is 64.6 cm³/mol. The van der Waals surface area contributed by atoms with Gasteiger partial charge in [0.05, 0.1) is 0 Å². The van der Waals surface area contributed by atoms with Crippen molar-refractivity contribution in [2.45, 2.75) is 6.92 Å². The summed E-state index contributed by atoms with van der Waals surface area (Å²) in [6.07, 6.45) is 0. The molecule has 0 unspecified atom stereocenters. The maximum atomic E-state index is 8.00. The summed E-state index contributed by atoms with van der Waals surface area (Å²) >= 11 is 0. The van der Waals surface area contributed by atoms with Crippen LogP contribution in [-0.4, -0.2) is 0 Å². The molecule has 0 aliphatic heterocycles. The second-order valence-corrected chi connectivity index (χ2v) is 3.18. The highest BCUT2D eigenvalue weighted by molar-refractivity contribution is 5.36. The Kier molecular flexibility index (Phi) is 12.5. The molecule has 106 valence electrons. The molecule has 0 radical (unpaired) electrons. The largest absolute Gasteiger partial charge is 0.457 e. The zero-order valence-electron chi connectivity index (χ0n) is 10.0. The monoisotopic (exact) mass is 280 g/mol. The first-order valence-corrected chi connectivity index (χ1v) is 4.93. The fourth-order valence-corrected chi connectivity index (χ4v) is 1.29. The van der Waals surface area contributed by atoms with E-state index < -0.39 is 0 Å². The number of benzene rings is 2. The van der Waals surface area contributed by atoms with E-state index in [1.54, 1.807) is 0 Å². The van der Waals surface area contributed by atoms with Gasteiger partial charge >= 0.3 is 0 Å².